The zero-order valence-corrected chi connectivity index (χ0v) is 15.7. The van der Waals surface area contributed by atoms with Gasteiger partial charge in [0, 0.05) is 16.6 Å². The van der Waals surface area contributed by atoms with Crippen molar-refractivity contribution in [3.8, 4) is 0 Å². The highest BCUT2D eigenvalue weighted by Gasteiger charge is 2.09. The predicted molar refractivity (Wildman–Crippen MR) is 97.3 cm³/mol. The third-order valence-corrected chi connectivity index (χ3v) is 2.79. The highest BCUT2D eigenvalue weighted by Crippen LogP contribution is 2.12. The molecule has 0 saturated heterocycles. The molecule has 108 valence electrons. The molecule has 1 aromatic carbocycles. The van der Waals surface area contributed by atoms with Crippen LogP contribution in [0.1, 0.15) is 32.8 Å². The van der Waals surface area contributed by atoms with Crippen LogP contribution in [0.15, 0.2) is 33.7 Å². The van der Waals surface area contributed by atoms with Crippen molar-refractivity contribution in [3.63, 3.8) is 0 Å². The molecule has 0 heterocycles. The molecule has 0 atom stereocenters. The fraction of sp³-hybridized carbons (Fsp3) is 0.500. The van der Waals surface area contributed by atoms with E-state index < -0.39 is 0 Å². The lowest BCUT2D eigenvalue weighted by Gasteiger charge is -2.20. The maximum absolute atomic E-state index is 5.79. The van der Waals surface area contributed by atoms with E-state index in [-0.39, 0.29) is 29.5 Å². The first kappa shape index (κ1) is 18.7. The van der Waals surface area contributed by atoms with Gasteiger partial charge < -0.3 is 11.1 Å². The Balaban J connectivity index is 0.00000324. The van der Waals surface area contributed by atoms with Crippen molar-refractivity contribution in [1.29, 1.82) is 0 Å². The van der Waals surface area contributed by atoms with Crippen LogP contribution in [0.5, 0.6) is 0 Å². The molecule has 0 aliphatic carbocycles. The second kappa shape index (κ2) is 8.79. The molecule has 0 spiro atoms. The van der Waals surface area contributed by atoms with E-state index in [0.29, 0.717) is 5.96 Å². The van der Waals surface area contributed by atoms with E-state index in [1.807, 2.05) is 6.07 Å². The quantitative estimate of drug-likeness (QED) is 0.325. The number of nitrogens with two attached hydrogens (primary N) is 1. The summed E-state index contributed by atoms with van der Waals surface area (Å²) in [5.74, 6) is 0.525. The molecule has 0 aromatic heterocycles. The lowest BCUT2D eigenvalue weighted by molar-refractivity contribution is 0.508. The zero-order valence-electron chi connectivity index (χ0n) is 11.7. The largest absolute Gasteiger partial charge is 0.370 e. The molecule has 0 aliphatic rings. The first-order valence-corrected chi connectivity index (χ1v) is 6.99. The fourth-order valence-electron chi connectivity index (χ4n) is 1.60. The summed E-state index contributed by atoms with van der Waals surface area (Å²) in [7, 11) is 0. The molecule has 0 amide bonds. The lowest BCUT2D eigenvalue weighted by atomic mass is 10.1. The summed E-state index contributed by atoms with van der Waals surface area (Å²) in [6, 6.07) is 8.36. The van der Waals surface area contributed by atoms with Gasteiger partial charge in [0.05, 0.1) is 0 Å². The number of benzene rings is 1. The number of aryl methyl sites for hydroxylation is 1. The van der Waals surface area contributed by atoms with Gasteiger partial charge in [0.25, 0.3) is 0 Å². The minimum Gasteiger partial charge on any atom is -0.370 e. The van der Waals surface area contributed by atoms with Crippen molar-refractivity contribution >= 4 is 45.9 Å². The Hall–Kier alpha value is -0.300. The fourth-order valence-corrected chi connectivity index (χ4v) is 2.05. The van der Waals surface area contributed by atoms with E-state index in [0.717, 1.165) is 23.9 Å². The maximum Gasteiger partial charge on any atom is 0.188 e. The van der Waals surface area contributed by atoms with Crippen molar-refractivity contribution in [1.82, 2.24) is 5.32 Å². The summed E-state index contributed by atoms with van der Waals surface area (Å²) in [5.41, 5.74) is 7.09. The average molecular weight is 440 g/mol. The Morgan fingerprint density at radius 3 is 2.63 bits per heavy atom. The Bertz CT molecular complexity index is 413. The van der Waals surface area contributed by atoms with Crippen LogP contribution in [0.25, 0.3) is 0 Å². The molecular formula is C14H23BrIN3. The Morgan fingerprint density at radius 1 is 1.37 bits per heavy atom. The summed E-state index contributed by atoms with van der Waals surface area (Å²) in [6.07, 6.45) is 2.02. The molecule has 1 rings (SSSR count). The molecule has 5 heteroatoms. The molecule has 19 heavy (non-hydrogen) atoms. The number of aliphatic imine (C=N–C) groups is 1. The van der Waals surface area contributed by atoms with Crippen LogP contribution in [-0.4, -0.2) is 18.0 Å². The lowest BCUT2D eigenvalue weighted by Crippen LogP contribution is -2.45. The van der Waals surface area contributed by atoms with Gasteiger partial charge in [0.2, 0.25) is 0 Å². The van der Waals surface area contributed by atoms with E-state index in [2.05, 4.69) is 65.2 Å². The van der Waals surface area contributed by atoms with Gasteiger partial charge in [-0.1, -0.05) is 28.1 Å². The van der Waals surface area contributed by atoms with Crippen molar-refractivity contribution < 1.29 is 0 Å². The van der Waals surface area contributed by atoms with E-state index >= 15 is 0 Å². The van der Waals surface area contributed by atoms with Crippen molar-refractivity contribution in [2.24, 2.45) is 10.7 Å². The minimum absolute atomic E-state index is 0. The number of nitrogens with zero attached hydrogens (tertiary/aromatic N) is 1. The van der Waals surface area contributed by atoms with Gasteiger partial charge >= 0.3 is 0 Å². The van der Waals surface area contributed by atoms with Crippen molar-refractivity contribution in [2.75, 3.05) is 6.54 Å². The molecule has 0 radical (unpaired) electrons. The molecule has 0 bridgehead atoms. The van der Waals surface area contributed by atoms with E-state index in [9.17, 15) is 0 Å². The molecule has 1 aromatic rings. The van der Waals surface area contributed by atoms with Gasteiger partial charge in [-0.15, -0.1) is 24.0 Å². The Labute approximate surface area is 141 Å². The number of hydrogen-bond acceptors (Lipinski definition) is 1. The maximum atomic E-state index is 5.79. The highest BCUT2D eigenvalue weighted by molar-refractivity contribution is 14.0. The monoisotopic (exact) mass is 439 g/mol. The summed E-state index contributed by atoms with van der Waals surface area (Å²) >= 11 is 3.47. The van der Waals surface area contributed by atoms with E-state index in [4.69, 9.17) is 5.73 Å². The summed E-state index contributed by atoms with van der Waals surface area (Å²) in [4.78, 5) is 4.32. The van der Waals surface area contributed by atoms with Gasteiger partial charge in [-0.2, -0.15) is 0 Å². The van der Waals surface area contributed by atoms with Crippen LogP contribution in [-0.2, 0) is 6.42 Å². The Kier molecular flexibility index (Phi) is 8.65. The second-order valence-electron chi connectivity index (χ2n) is 5.38. The minimum atomic E-state index is -0.0299. The molecule has 0 fully saturated rings. The molecule has 3 N–H and O–H groups in total. The summed E-state index contributed by atoms with van der Waals surface area (Å²) < 4.78 is 1.12. The number of halogens is 2. The predicted octanol–water partition coefficient (Wildman–Crippen LogP) is 3.70. The molecular weight excluding hydrogens is 417 g/mol. The van der Waals surface area contributed by atoms with Crippen molar-refractivity contribution in [3.05, 3.63) is 34.3 Å². The number of rotatable bonds is 4. The smallest absolute Gasteiger partial charge is 0.188 e. The number of nitrogens with one attached hydrogen (secondary N) is 1. The summed E-state index contributed by atoms with van der Waals surface area (Å²) in [6.45, 7) is 6.95. The first-order chi connectivity index (χ1) is 8.37. The van der Waals surface area contributed by atoms with Gasteiger partial charge in [0.15, 0.2) is 5.96 Å². The van der Waals surface area contributed by atoms with E-state index in [1.165, 1.54) is 5.56 Å². The molecule has 0 aliphatic heterocycles. The van der Waals surface area contributed by atoms with Crippen LogP contribution >= 0.6 is 39.9 Å². The molecule has 0 unspecified atom stereocenters. The highest BCUT2D eigenvalue weighted by atomic mass is 127. The van der Waals surface area contributed by atoms with Gasteiger partial charge in [0.1, 0.15) is 0 Å². The van der Waals surface area contributed by atoms with Crippen LogP contribution in [0, 0.1) is 0 Å². The first-order valence-electron chi connectivity index (χ1n) is 6.19. The number of hydrogen-bond donors (Lipinski definition) is 2. The van der Waals surface area contributed by atoms with Gasteiger partial charge in [-0.25, -0.2) is 0 Å². The van der Waals surface area contributed by atoms with Crippen LogP contribution < -0.4 is 11.1 Å². The number of guanidine groups is 1. The third-order valence-electron chi connectivity index (χ3n) is 2.30. The molecule has 3 nitrogen and oxygen atoms in total. The van der Waals surface area contributed by atoms with Crippen LogP contribution in [0.4, 0.5) is 0 Å². The second-order valence-corrected chi connectivity index (χ2v) is 6.29. The van der Waals surface area contributed by atoms with Gasteiger partial charge in [-0.3, -0.25) is 4.99 Å². The average Bonchev–Trinajstić information content (AvgIpc) is 2.22. The zero-order chi connectivity index (χ0) is 13.6. The van der Waals surface area contributed by atoms with Crippen molar-refractivity contribution in [2.45, 2.75) is 39.2 Å². The summed E-state index contributed by atoms with van der Waals surface area (Å²) in [5, 5.41) is 3.15. The Morgan fingerprint density at radius 2 is 2.05 bits per heavy atom. The van der Waals surface area contributed by atoms with Gasteiger partial charge in [-0.05, 0) is 51.3 Å². The third kappa shape index (κ3) is 9.27. The normalized spacial score (nSPS) is 11.9. The SMILES string of the molecule is CC(C)(C)NC(N)=NCCCc1cccc(Br)c1.I. The molecule has 0 saturated carbocycles. The standard InChI is InChI=1S/C14H22BrN3.HI/c1-14(2,3)18-13(16)17-9-5-7-11-6-4-8-12(15)10-11;/h4,6,8,10H,5,7,9H2,1-3H3,(H3,16,17,18);1H. The van der Waals surface area contributed by atoms with Crippen LogP contribution in [0.2, 0.25) is 0 Å². The van der Waals surface area contributed by atoms with E-state index in [1.54, 1.807) is 0 Å². The van der Waals surface area contributed by atoms with Crippen LogP contribution in [0.3, 0.4) is 0 Å². The topological polar surface area (TPSA) is 50.4 Å².